The summed E-state index contributed by atoms with van der Waals surface area (Å²) in [4.78, 5) is 13.9. The molecule has 1 fully saturated rings. The Kier molecular flexibility index (Phi) is 7.96. The zero-order chi connectivity index (χ0) is 13.2. The van der Waals surface area contributed by atoms with Gasteiger partial charge >= 0.3 is 0 Å². The number of carbonyl (C=O) groups is 1. The highest BCUT2D eigenvalue weighted by Crippen LogP contribution is 2.13. The minimum Gasteiger partial charge on any atom is -0.382 e. The zero-order valence-electron chi connectivity index (χ0n) is 11.6. The van der Waals surface area contributed by atoms with Gasteiger partial charge in [0.05, 0.1) is 13.2 Å². The largest absolute Gasteiger partial charge is 0.382 e. The van der Waals surface area contributed by atoms with Gasteiger partial charge in [-0.25, -0.2) is 0 Å². The van der Waals surface area contributed by atoms with Gasteiger partial charge in [0.1, 0.15) is 6.61 Å². The maximum absolute atomic E-state index is 12.0. The van der Waals surface area contributed by atoms with Gasteiger partial charge in [-0.15, -0.1) is 0 Å². The molecular weight excluding hydrogens is 232 g/mol. The predicted octanol–water partition coefficient (Wildman–Crippen LogP) is 0.498. The Morgan fingerprint density at radius 2 is 2.06 bits per heavy atom. The standard InChI is InChI=1S/C13H26N2O3/c1-3-15(10-12-4-6-14-7-5-12)13(16)11-18-9-8-17-2/h12,14H,3-11H2,1-2H3. The van der Waals surface area contributed by atoms with Gasteiger partial charge in [-0.1, -0.05) is 0 Å². The first kappa shape index (κ1) is 15.4. The van der Waals surface area contributed by atoms with Gasteiger partial charge in [-0.3, -0.25) is 4.79 Å². The second kappa shape index (κ2) is 9.30. The normalized spacial score (nSPS) is 16.8. The fourth-order valence-electron chi connectivity index (χ4n) is 2.18. The summed E-state index contributed by atoms with van der Waals surface area (Å²) in [6, 6.07) is 0. The van der Waals surface area contributed by atoms with E-state index >= 15 is 0 Å². The minimum absolute atomic E-state index is 0.0899. The summed E-state index contributed by atoms with van der Waals surface area (Å²) in [6.45, 7) is 6.97. The van der Waals surface area contributed by atoms with Crippen molar-refractivity contribution in [3.8, 4) is 0 Å². The van der Waals surface area contributed by atoms with Crippen molar-refractivity contribution in [3.63, 3.8) is 0 Å². The Hall–Kier alpha value is -0.650. The van der Waals surface area contributed by atoms with E-state index in [1.165, 1.54) is 0 Å². The maximum atomic E-state index is 12.0. The number of likely N-dealkylation sites (N-methyl/N-ethyl adjacent to an activating group) is 1. The van der Waals surface area contributed by atoms with Crippen molar-refractivity contribution in [2.24, 2.45) is 5.92 Å². The van der Waals surface area contributed by atoms with Gasteiger partial charge < -0.3 is 19.7 Å². The van der Waals surface area contributed by atoms with Gasteiger partial charge in [0.25, 0.3) is 0 Å². The van der Waals surface area contributed by atoms with Crippen molar-refractivity contribution in [1.82, 2.24) is 10.2 Å². The van der Waals surface area contributed by atoms with Crippen LogP contribution in [0.2, 0.25) is 0 Å². The first-order valence-electron chi connectivity index (χ1n) is 6.83. The Morgan fingerprint density at radius 3 is 2.67 bits per heavy atom. The molecule has 0 atom stereocenters. The average molecular weight is 258 g/mol. The number of hydrogen-bond donors (Lipinski definition) is 1. The lowest BCUT2D eigenvalue weighted by Gasteiger charge is -2.29. The molecule has 18 heavy (non-hydrogen) atoms. The number of nitrogens with zero attached hydrogens (tertiary/aromatic N) is 1. The summed E-state index contributed by atoms with van der Waals surface area (Å²) in [5, 5.41) is 3.34. The fourth-order valence-corrected chi connectivity index (χ4v) is 2.18. The quantitative estimate of drug-likeness (QED) is 0.644. The van der Waals surface area contributed by atoms with Crippen LogP contribution in [-0.2, 0) is 14.3 Å². The lowest BCUT2D eigenvalue weighted by atomic mass is 9.97. The van der Waals surface area contributed by atoms with Crippen LogP contribution in [0.15, 0.2) is 0 Å². The van der Waals surface area contributed by atoms with Gasteiger partial charge in [-0.2, -0.15) is 0 Å². The van der Waals surface area contributed by atoms with Crippen LogP contribution < -0.4 is 5.32 Å². The molecular formula is C13H26N2O3. The van der Waals surface area contributed by atoms with Crippen LogP contribution in [0.25, 0.3) is 0 Å². The molecule has 106 valence electrons. The number of nitrogens with one attached hydrogen (secondary N) is 1. The molecule has 0 aromatic rings. The van der Waals surface area contributed by atoms with Crippen molar-refractivity contribution >= 4 is 5.91 Å². The monoisotopic (exact) mass is 258 g/mol. The van der Waals surface area contributed by atoms with Crippen molar-refractivity contribution in [2.75, 3.05) is 53.1 Å². The molecule has 5 heteroatoms. The number of amides is 1. The zero-order valence-corrected chi connectivity index (χ0v) is 11.6. The van der Waals surface area contributed by atoms with E-state index in [0.717, 1.165) is 39.0 Å². The fraction of sp³-hybridized carbons (Fsp3) is 0.923. The van der Waals surface area contributed by atoms with Crippen LogP contribution in [0.5, 0.6) is 0 Å². The summed E-state index contributed by atoms with van der Waals surface area (Å²) in [5.74, 6) is 0.723. The van der Waals surface area contributed by atoms with Gasteiger partial charge in [0.2, 0.25) is 5.91 Å². The molecule has 0 spiro atoms. The van der Waals surface area contributed by atoms with Crippen molar-refractivity contribution in [2.45, 2.75) is 19.8 Å². The SMILES string of the molecule is CCN(CC1CCNCC1)C(=O)COCCOC. The van der Waals surface area contributed by atoms with Crippen LogP contribution in [0, 0.1) is 5.92 Å². The number of methoxy groups -OCH3 is 1. The smallest absolute Gasteiger partial charge is 0.248 e. The first-order valence-corrected chi connectivity index (χ1v) is 6.83. The van der Waals surface area contributed by atoms with Gasteiger partial charge in [0, 0.05) is 20.2 Å². The second-order valence-electron chi connectivity index (χ2n) is 4.67. The Labute approximate surface area is 110 Å². The molecule has 5 nitrogen and oxygen atoms in total. The van der Waals surface area contributed by atoms with Crippen LogP contribution >= 0.6 is 0 Å². The molecule has 0 radical (unpaired) electrons. The molecule has 0 saturated carbocycles. The van der Waals surface area contributed by atoms with Crippen molar-refractivity contribution in [1.29, 1.82) is 0 Å². The number of carbonyl (C=O) groups excluding carboxylic acids is 1. The summed E-state index contributed by atoms with van der Waals surface area (Å²) in [5.41, 5.74) is 0. The Balaban J connectivity index is 2.23. The number of piperidine rings is 1. The van der Waals surface area contributed by atoms with E-state index in [1.54, 1.807) is 7.11 Å². The van der Waals surface area contributed by atoms with E-state index in [1.807, 2.05) is 11.8 Å². The molecule has 1 saturated heterocycles. The molecule has 1 aliphatic heterocycles. The average Bonchev–Trinajstić information content (AvgIpc) is 2.42. The van der Waals surface area contributed by atoms with Crippen molar-refractivity contribution in [3.05, 3.63) is 0 Å². The van der Waals surface area contributed by atoms with Gasteiger partial charge in [-0.05, 0) is 38.8 Å². The van der Waals surface area contributed by atoms with E-state index in [2.05, 4.69) is 5.32 Å². The minimum atomic E-state index is 0.0899. The third-order valence-corrected chi connectivity index (χ3v) is 3.33. The topological polar surface area (TPSA) is 50.8 Å². The number of hydrogen-bond acceptors (Lipinski definition) is 4. The lowest BCUT2D eigenvalue weighted by Crippen LogP contribution is -2.40. The highest BCUT2D eigenvalue weighted by Gasteiger charge is 2.19. The Morgan fingerprint density at radius 1 is 1.33 bits per heavy atom. The maximum Gasteiger partial charge on any atom is 0.248 e. The second-order valence-corrected chi connectivity index (χ2v) is 4.67. The summed E-state index contributed by atoms with van der Waals surface area (Å²) in [7, 11) is 1.63. The van der Waals surface area contributed by atoms with E-state index in [0.29, 0.717) is 19.1 Å². The molecule has 1 rings (SSSR count). The highest BCUT2D eigenvalue weighted by molar-refractivity contribution is 5.77. The van der Waals surface area contributed by atoms with Crippen LogP contribution in [0.4, 0.5) is 0 Å². The molecule has 0 aromatic carbocycles. The highest BCUT2D eigenvalue weighted by atomic mass is 16.5. The molecule has 0 bridgehead atoms. The van der Waals surface area contributed by atoms with E-state index in [4.69, 9.17) is 9.47 Å². The molecule has 0 aromatic heterocycles. The third-order valence-electron chi connectivity index (χ3n) is 3.33. The summed E-state index contributed by atoms with van der Waals surface area (Å²) in [6.07, 6.45) is 2.32. The molecule has 0 aliphatic carbocycles. The van der Waals surface area contributed by atoms with E-state index in [-0.39, 0.29) is 12.5 Å². The van der Waals surface area contributed by atoms with Gasteiger partial charge in [0.15, 0.2) is 0 Å². The van der Waals surface area contributed by atoms with Crippen LogP contribution in [0.3, 0.4) is 0 Å². The molecule has 1 heterocycles. The predicted molar refractivity (Wildman–Crippen MR) is 70.5 cm³/mol. The summed E-state index contributed by atoms with van der Waals surface area (Å²) >= 11 is 0. The molecule has 1 aliphatic rings. The first-order chi connectivity index (χ1) is 8.77. The molecule has 0 unspecified atom stereocenters. The summed E-state index contributed by atoms with van der Waals surface area (Å²) < 4.78 is 10.2. The van der Waals surface area contributed by atoms with Crippen molar-refractivity contribution < 1.29 is 14.3 Å². The molecule has 1 N–H and O–H groups in total. The van der Waals surface area contributed by atoms with Crippen LogP contribution in [-0.4, -0.2) is 63.9 Å². The Bertz CT molecular complexity index is 230. The molecule has 1 amide bonds. The number of rotatable bonds is 8. The van der Waals surface area contributed by atoms with E-state index < -0.39 is 0 Å². The number of ether oxygens (including phenoxy) is 2. The third kappa shape index (κ3) is 5.80. The lowest BCUT2D eigenvalue weighted by molar-refractivity contribution is -0.137. The van der Waals surface area contributed by atoms with E-state index in [9.17, 15) is 4.79 Å². The van der Waals surface area contributed by atoms with Crippen LogP contribution in [0.1, 0.15) is 19.8 Å².